The molecule has 0 spiro atoms. The number of alkyl halides is 3. The molecule has 0 saturated carbocycles. The van der Waals surface area contributed by atoms with Crippen molar-refractivity contribution in [2.45, 2.75) is 29.1 Å². The molecule has 1 atom stereocenters. The van der Waals surface area contributed by atoms with Crippen LogP contribution in [0.1, 0.15) is 13.8 Å². The highest BCUT2D eigenvalue weighted by molar-refractivity contribution is 7.94. The van der Waals surface area contributed by atoms with Gasteiger partial charge in [-0.1, -0.05) is 6.92 Å². The Labute approximate surface area is 199 Å². The largest absolute Gasteiger partial charge is 0.483 e. The summed E-state index contributed by atoms with van der Waals surface area (Å²) in [6.07, 6.45) is 2.67. The van der Waals surface area contributed by atoms with Crippen LogP contribution in [0.15, 0.2) is 57.1 Å². The van der Waals surface area contributed by atoms with E-state index in [1.165, 1.54) is 54.0 Å². The van der Waals surface area contributed by atoms with Crippen molar-refractivity contribution in [2.24, 2.45) is 11.4 Å². The number of hydrogen-bond donors (Lipinski definition) is 0. The van der Waals surface area contributed by atoms with Gasteiger partial charge in [-0.15, -0.1) is 0 Å². The molecular formula is C20H20F3N7O3S2. The highest BCUT2D eigenvalue weighted by atomic mass is 32.2. The molecule has 4 rings (SSSR count). The minimum atomic E-state index is -5.08. The van der Waals surface area contributed by atoms with E-state index in [0.29, 0.717) is 5.52 Å². The zero-order valence-electron chi connectivity index (χ0n) is 18.8. The minimum absolute atomic E-state index is 0.00472. The van der Waals surface area contributed by atoms with E-state index in [2.05, 4.69) is 24.4 Å². The van der Waals surface area contributed by atoms with Gasteiger partial charge in [0.15, 0.2) is 31.2 Å². The highest BCUT2D eigenvalue weighted by Gasteiger charge is 2.44. The van der Waals surface area contributed by atoms with Crippen LogP contribution in [-0.2, 0) is 26.6 Å². The van der Waals surface area contributed by atoms with Gasteiger partial charge < -0.3 is 4.57 Å². The van der Waals surface area contributed by atoms with Crippen LogP contribution in [0, 0.1) is 0 Å². The van der Waals surface area contributed by atoms with Gasteiger partial charge in [-0.2, -0.15) is 18.3 Å². The lowest BCUT2D eigenvalue weighted by molar-refractivity contribution is -0.0403. The second-order valence-corrected chi connectivity index (χ2v) is 11.8. The molecule has 0 amide bonds. The lowest BCUT2D eigenvalue weighted by atomic mass is 10.3. The Balaban J connectivity index is 1.99. The smallest absolute Gasteiger partial charge is 0.326 e. The Kier molecular flexibility index (Phi) is 6.17. The number of imidazole rings is 1. The number of aryl methyl sites for hydroxylation is 1. The Bertz CT molecular complexity index is 1640. The van der Waals surface area contributed by atoms with Crippen LogP contribution in [-0.4, -0.2) is 59.7 Å². The van der Waals surface area contributed by atoms with Gasteiger partial charge in [0, 0.05) is 13.6 Å². The Morgan fingerprint density at radius 3 is 2.40 bits per heavy atom. The molecular weight excluding hydrogens is 507 g/mol. The van der Waals surface area contributed by atoms with Crippen molar-refractivity contribution in [3.8, 4) is 17.3 Å². The number of sulfone groups is 1. The van der Waals surface area contributed by atoms with Gasteiger partial charge in [0.1, 0.15) is 18.3 Å². The average molecular weight is 528 g/mol. The number of pyridine rings is 1. The number of aromatic nitrogens is 6. The van der Waals surface area contributed by atoms with Crippen molar-refractivity contribution >= 4 is 30.6 Å². The van der Waals surface area contributed by atoms with E-state index in [0.717, 1.165) is 12.1 Å². The van der Waals surface area contributed by atoms with E-state index < -0.39 is 30.0 Å². The van der Waals surface area contributed by atoms with Crippen molar-refractivity contribution in [1.82, 2.24) is 29.3 Å². The average Bonchev–Trinajstić information content (AvgIpc) is 3.46. The maximum atomic E-state index is 13.6. The van der Waals surface area contributed by atoms with Crippen LogP contribution in [0.25, 0.3) is 28.4 Å². The number of halogens is 3. The molecule has 0 saturated heterocycles. The summed E-state index contributed by atoms with van der Waals surface area (Å²) < 4.78 is 85.5. The molecule has 1 aromatic carbocycles. The molecule has 0 aliphatic carbocycles. The normalized spacial score (nSPS) is 14.2. The summed E-state index contributed by atoms with van der Waals surface area (Å²) >= 11 is 0. The van der Waals surface area contributed by atoms with Crippen molar-refractivity contribution < 1.29 is 25.8 Å². The van der Waals surface area contributed by atoms with Gasteiger partial charge in [-0.25, -0.2) is 36.6 Å². The second kappa shape index (κ2) is 8.71. The fourth-order valence-electron chi connectivity index (χ4n) is 3.48. The quantitative estimate of drug-likeness (QED) is 0.376. The second-order valence-electron chi connectivity index (χ2n) is 7.32. The third-order valence-corrected chi connectivity index (χ3v) is 9.12. The highest BCUT2D eigenvalue weighted by Crippen LogP contribution is 2.35. The van der Waals surface area contributed by atoms with Gasteiger partial charge in [0.25, 0.3) is 0 Å². The van der Waals surface area contributed by atoms with Crippen molar-refractivity contribution in [3.63, 3.8) is 0 Å². The predicted octanol–water partition coefficient (Wildman–Crippen LogP) is 3.38. The van der Waals surface area contributed by atoms with Crippen LogP contribution < -0.4 is 0 Å². The standard InChI is InChI=1S/C20H20F3N7O3S2/c1-4-26-35(33,20(21,22)23)13-6-7-15-14(10-13)27-19(29(15)3)18-16(34(31,32)5-2)8-9-17(28-18)30-12-24-11-25-30/h6-12H,4-5H2,1-3H3. The summed E-state index contributed by atoms with van der Waals surface area (Å²) in [5.74, 6) is 0.157. The van der Waals surface area contributed by atoms with Crippen molar-refractivity contribution in [1.29, 1.82) is 0 Å². The SMILES string of the molecule is CCN=S(=O)(c1ccc2c(c1)nc(-c1nc(-n3cncn3)ccc1S(=O)(=O)CC)n2C)C(F)(F)F. The maximum Gasteiger partial charge on any atom is 0.483 e. The van der Waals surface area contributed by atoms with E-state index in [9.17, 15) is 25.8 Å². The number of benzene rings is 1. The van der Waals surface area contributed by atoms with E-state index in [1.54, 1.807) is 7.05 Å². The van der Waals surface area contributed by atoms with Gasteiger partial charge in [-0.05, 0) is 37.3 Å². The number of fused-ring (bicyclic) bond motifs is 1. The molecule has 35 heavy (non-hydrogen) atoms. The molecule has 3 heterocycles. The molecule has 0 bridgehead atoms. The zero-order valence-corrected chi connectivity index (χ0v) is 20.4. The van der Waals surface area contributed by atoms with E-state index in [1.807, 2.05) is 0 Å². The number of hydrogen-bond acceptors (Lipinski definition) is 8. The molecule has 0 fully saturated rings. The monoisotopic (exact) mass is 527 g/mol. The Morgan fingerprint density at radius 1 is 1.06 bits per heavy atom. The summed E-state index contributed by atoms with van der Waals surface area (Å²) in [5.41, 5.74) is -4.62. The molecule has 15 heteroatoms. The fraction of sp³-hybridized carbons (Fsp3) is 0.300. The van der Waals surface area contributed by atoms with Crippen LogP contribution >= 0.6 is 0 Å². The molecule has 4 aromatic rings. The number of rotatable bonds is 6. The lowest BCUT2D eigenvalue weighted by Gasteiger charge is -2.13. The first-order valence-electron chi connectivity index (χ1n) is 10.3. The molecule has 10 nitrogen and oxygen atoms in total. The first kappa shape index (κ1) is 24.8. The minimum Gasteiger partial charge on any atom is -0.326 e. The topological polar surface area (TPSA) is 125 Å². The molecule has 0 aliphatic heterocycles. The summed E-state index contributed by atoms with van der Waals surface area (Å²) in [7, 11) is -6.89. The Morgan fingerprint density at radius 2 is 1.80 bits per heavy atom. The third-order valence-electron chi connectivity index (χ3n) is 5.22. The molecule has 0 N–H and O–H groups in total. The van der Waals surface area contributed by atoms with Gasteiger partial charge in [-0.3, -0.25) is 0 Å². The predicted molar refractivity (Wildman–Crippen MR) is 122 cm³/mol. The van der Waals surface area contributed by atoms with Crippen LogP contribution in [0.4, 0.5) is 13.2 Å². The van der Waals surface area contributed by atoms with Gasteiger partial charge >= 0.3 is 5.51 Å². The van der Waals surface area contributed by atoms with Gasteiger partial charge in [0.05, 0.1) is 26.6 Å². The summed E-state index contributed by atoms with van der Waals surface area (Å²) in [5, 5.41) is 4.00. The lowest BCUT2D eigenvalue weighted by Crippen LogP contribution is -2.23. The van der Waals surface area contributed by atoms with Gasteiger partial charge in [0.2, 0.25) is 0 Å². The van der Waals surface area contributed by atoms with Crippen LogP contribution in [0.2, 0.25) is 0 Å². The third kappa shape index (κ3) is 4.18. The van der Waals surface area contributed by atoms with Crippen molar-refractivity contribution in [3.05, 3.63) is 43.0 Å². The zero-order chi connectivity index (χ0) is 25.6. The molecule has 1 unspecified atom stereocenters. The summed E-state index contributed by atoms with van der Waals surface area (Å²) in [6.45, 7) is 2.56. The first-order valence-corrected chi connectivity index (χ1v) is 13.4. The van der Waals surface area contributed by atoms with Crippen molar-refractivity contribution in [2.75, 3.05) is 12.3 Å². The molecule has 0 radical (unpaired) electrons. The summed E-state index contributed by atoms with van der Waals surface area (Å²) in [6, 6.07) is 6.33. The van der Waals surface area contributed by atoms with E-state index >= 15 is 0 Å². The molecule has 186 valence electrons. The fourth-order valence-corrected chi connectivity index (χ4v) is 5.95. The number of nitrogens with zero attached hydrogens (tertiary/aromatic N) is 7. The maximum absolute atomic E-state index is 13.6. The van der Waals surface area contributed by atoms with E-state index in [4.69, 9.17) is 0 Å². The summed E-state index contributed by atoms with van der Waals surface area (Å²) in [4.78, 5) is 12.0. The first-order chi connectivity index (χ1) is 16.4. The van der Waals surface area contributed by atoms with E-state index in [-0.39, 0.29) is 40.0 Å². The molecule has 3 aromatic heterocycles. The van der Waals surface area contributed by atoms with Crippen LogP contribution in [0.5, 0.6) is 0 Å². The molecule has 0 aliphatic rings. The van der Waals surface area contributed by atoms with Crippen LogP contribution in [0.3, 0.4) is 0 Å². The Hall–Kier alpha value is -3.33.